The van der Waals surface area contributed by atoms with E-state index in [1.165, 1.54) is 0 Å². The molecule has 0 spiro atoms. The lowest BCUT2D eigenvalue weighted by molar-refractivity contribution is -0.138. The van der Waals surface area contributed by atoms with Gasteiger partial charge in [0.05, 0.1) is 25.7 Å². The average molecular weight is 261 g/mol. The van der Waals surface area contributed by atoms with Crippen molar-refractivity contribution in [1.82, 2.24) is 4.90 Å². The lowest BCUT2D eigenvalue weighted by Crippen LogP contribution is -2.45. The summed E-state index contributed by atoms with van der Waals surface area (Å²) in [5, 5.41) is 0. The molecule has 1 heterocycles. The van der Waals surface area contributed by atoms with Gasteiger partial charge in [0.1, 0.15) is 5.75 Å². The van der Waals surface area contributed by atoms with Crippen molar-refractivity contribution in [3.8, 4) is 5.75 Å². The summed E-state index contributed by atoms with van der Waals surface area (Å²) >= 11 is 0. The van der Waals surface area contributed by atoms with Gasteiger partial charge >= 0.3 is 0 Å². The molecule has 1 aromatic rings. The quantitative estimate of drug-likeness (QED) is 0.829. The highest BCUT2D eigenvalue weighted by Crippen LogP contribution is 2.52. The van der Waals surface area contributed by atoms with E-state index < -0.39 is 0 Å². The Hall–Kier alpha value is -1.55. The first-order valence-electron chi connectivity index (χ1n) is 6.78. The topological polar surface area (TPSA) is 38.8 Å². The Balaban J connectivity index is 1.88. The number of carbonyl (C=O) groups is 1. The summed E-state index contributed by atoms with van der Waals surface area (Å²) in [5.41, 5.74) is 0.693. The van der Waals surface area contributed by atoms with E-state index in [-0.39, 0.29) is 11.3 Å². The monoisotopic (exact) mass is 261 g/mol. The van der Waals surface area contributed by atoms with E-state index in [2.05, 4.69) is 0 Å². The Morgan fingerprint density at radius 3 is 2.58 bits per heavy atom. The maximum absolute atomic E-state index is 12.8. The maximum atomic E-state index is 12.8. The molecule has 2 fully saturated rings. The van der Waals surface area contributed by atoms with Crippen LogP contribution in [0.2, 0.25) is 0 Å². The van der Waals surface area contributed by atoms with E-state index in [1.807, 2.05) is 29.2 Å². The molecule has 0 aromatic heterocycles. The minimum Gasteiger partial charge on any atom is -0.496 e. The third kappa shape index (κ3) is 2.10. The molecule has 0 unspecified atom stereocenters. The zero-order valence-corrected chi connectivity index (χ0v) is 11.2. The summed E-state index contributed by atoms with van der Waals surface area (Å²) < 4.78 is 10.7. The largest absolute Gasteiger partial charge is 0.496 e. The van der Waals surface area contributed by atoms with Crippen LogP contribution in [0.25, 0.3) is 0 Å². The second kappa shape index (κ2) is 4.85. The second-order valence-corrected chi connectivity index (χ2v) is 5.19. The maximum Gasteiger partial charge on any atom is 0.233 e. The van der Waals surface area contributed by atoms with Crippen molar-refractivity contribution in [2.45, 2.75) is 18.3 Å². The van der Waals surface area contributed by atoms with Gasteiger partial charge in [-0.2, -0.15) is 0 Å². The minimum absolute atomic E-state index is 0.236. The van der Waals surface area contributed by atoms with E-state index >= 15 is 0 Å². The lowest BCUT2D eigenvalue weighted by Gasteiger charge is -2.31. The normalized spacial score (nSPS) is 21.0. The highest BCUT2D eigenvalue weighted by atomic mass is 16.5. The molecule has 1 aromatic carbocycles. The summed E-state index contributed by atoms with van der Waals surface area (Å²) in [6.45, 7) is 2.70. The molecule has 1 saturated heterocycles. The minimum atomic E-state index is -0.343. The fourth-order valence-corrected chi connectivity index (χ4v) is 2.83. The summed E-state index contributed by atoms with van der Waals surface area (Å²) in [6.07, 6.45) is 1.84. The molecule has 1 aliphatic carbocycles. The Kier molecular flexibility index (Phi) is 3.19. The Morgan fingerprint density at radius 2 is 1.95 bits per heavy atom. The molecule has 3 rings (SSSR count). The first-order valence-corrected chi connectivity index (χ1v) is 6.78. The molecule has 4 nitrogen and oxygen atoms in total. The third-order valence-corrected chi connectivity index (χ3v) is 4.08. The smallest absolute Gasteiger partial charge is 0.233 e. The number of carbonyl (C=O) groups excluding carboxylic acids is 1. The summed E-state index contributed by atoms with van der Waals surface area (Å²) in [4.78, 5) is 14.7. The fourth-order valence-electron chi connectivity index (χ4n) is 2.83. The van der Waals surface area contributed by atoms with Crippen LogP contribution in [0.5, 0.6) is 5.75 Å². The number of rotatable bonds is 3. The van der Waals surface area contributed by atoms with E-state index in [0.717, 1.165) is 24.2 Å². The molecule has 0 atom stereocenters. The number of nitrogens with zero attached hydrogens (tertiary/aromatic N) is 1. The zero-order chi connectivity index (χ0) is 13.3. The summed E-state index contributed by atoms with van der Waals surface area (Å²) in [7, 11) is 1.66. The van der Waals surface area contributed by atoms with Gasteiger partial charge < -0.3 is 14.4 Å². The van der Waals surface area contributed by atoms with Crippen LogP contribution >= 0.6 is 0 Å². The summed E-state index contributed by atoms with van der Waals surface area (Å²) in [5.74, 6) is 1.06. The molecule has 2 aliphatic rings. The van der Waals surface area contributed by atoms with Crippen molar-refractivity contribution >= 4 is 5.91 Å². The van der Waals surface area contributed by atoms with Crippen molar-refractivity contribution in [1.29, 1.82) is 0 Å². The number of amides is 1. The van der Waals surface area contributed by atoms with Crippen LogP contribution in [-0.2, 0) is 14.9 Å². The van der Waals surface area contributed by atoms with Crippen LogP contribution < -0.4 is 4.74 Å². The van der Waals surface area contributed by atoms with Crippen LogP contribution in [0.3, 0.4) is 0 Å². The average Bonchev–Trinajstić information content (AvgIpc) is 3.29. The first-order chi connectivity index (χ1) is 9.28. The lowest BCUT2D eigenvalue weighted by atomic mass is 9.93. The predicted octanol–water partition coefficient (Wildman–Crippen LogP) is 1.59. The zero-order valence-electron chi connectivity index (χ0n) is 11.2. The van der Waals surface area contributed by atoms with E-state index in [4.69, 9.17) is 9.47 Å². The van der Waals surface area contributed by atoms with Gasteiger partial charge in [-0.15, -0.1) is 0 Å². The van der Waals surface area contributed by atoms with Crippen molar-refractivity contribution in [3.05, 3.63) is 29.8 Å². The van der Waals surface area contributed by atoms with Crippen molar-refractivity contribution in [3.63, 3.8) is 0 Å². The van der Waals surface area contributed by atoms with Crippen molar-refractivity contribution < 1.29 is 14.3 Å². The molecule has 1 saturated carbocycles. The van der Waals surface area contributed by atoms with Crippen LogP contribution in [0.15, 0.2) is 24.3 Å². The van der Waals surface area contributed by atoms with Gasteiger partial charge in [0, 0.05) is 18.7 Å². The summed E-state index contributed by atoms with van der Waals surface area (Å²) in [6, 6.07) is 7.87. The van der Waals surface area contributed by atoms with Crippen molar-refractivity contribution in [2.24, 2.45) is 0 Å². The molecular formula is C15H19NO3. The number of para-hydroxylation sites is 1. The molecule has 1 aliphatic heterocycles. The predicted molar refractivity (Wildman–Crippen MR) is 71.3 cm³/mol. The molecule has 0 radical (unpaired) electrons. The van der Waals surface area contributed by atoms with Gasteiger partial charge in [-0.1, -0.05) is 18.2 Å². The molecular weight excluding hydrogens is 242 g/mol. The highest BCUT2D eigenvalue weighted by molar-refractivity contribution is 5.92. The Bertz CT molecular complexity index is 476. The first kappa shape index (κ1) is 12.5. The van der Waals surface area contributed by atoms with Crippen molar-refractivity contribution in [2.75, 3.05) is 33.4 Å². The molecule has 4 heteroatoms. The highest BCUT2D eigenvalue weighted by Gasteiger charge is 2.54. The third-order valence-electron chi connectivity index (χ3n) is 4.08. The molecule has 0 N–H and O–H groups in total. The number of hydrogen-bond donors (Lipinski definition) is 0. The standard InChI is InChI=1S/C15H19NO3/c1-18-13-5-3-2-4-12(13)15(6-7-15)14(17)16-8-10-19-11-9-16/h2-5H,6-11H2,1H3. The van der Waals surface area contributed by atoms with Gasteiger partial charge in [0.2, 0.25) is 5.91 Å². The van der Waals surface area contributed by atoms with E-state index in [0.29, 0.717) is 26.3 Å². The molecule has 1 amide bonds. The molecule has 0 bridgehead atoms. The van der Waals surface area contributed by atoms with Crippen LogP contribution in [0.4, 0.5) is 0 Å². The molecule has 102 valence electrons. The van der Waals surface area contributed by atoms with Gasteiger partial charge in [-0.25, -0.2) is 0 Å². The number of ether oxygens (including phenoxy) is 2. The SMILES string of the molecule is COc1ccccc1C1(C(=O)N2CCOCC2)CC1. The molecule has 19 heavy (non-hydrogen) atoms. The second-order valence-electron chi connectivity index (χ2n) is 5.19. The fraction of sp³-hybridized carbons (Fsp3) is 0.533. The Morgan fingerprint density at radius 1 is 1.26 bits per heavy atom. The van der Waals surface area contributed by atoms with E-state index in [1.54, 1.807) is 7.11 Å². The van der Waals surface area contributed by atoms with Gasteiger partial charge in [-0.3, -0.25) is 4.79 Å². The van der Waals surface area contributed by atoms with E-state index in [9.17, 15) is 4.79 Å². The van der Waals surface area contributed by atoms with Crippen LogP contribution in [0, 0.1) is 0 Å². The van der Waals surface area contributed by atoms with Gasteiger partial charge in [0.15, 0.2) is 0 Å². The Labute approximate surface area is 113 Å². The number of hydrogen-bond acceptors (Lipinski definition) is 3. The van der Waals surface area contributed by atoms with Crippen LogP contribution in [0.1, 0.15) is 18.4 Å². The number of benzene rings is 1. The van der Waals surface area contributed by atoms with Crippen LogP contribution in [-0.4, -0.2) is 44.2 Å². The van der Waals surface area contributed by atoms with Gasteiger partial charge in [-0.05, 0) is 18.9 Å². The van der Waals surface area contributed by atoms with Gasteiger partial charge in [0.25, 0.3) is 0 Å². The number of morpholine rings is 1. The number of methoxy groups -OCH3 is 1.